The first-order chi connectivity index (χ1) is 12.8. The summed E-state index contributed by atoms with van der Waals surface area (Å²) in [5, 5.41) is 12.2. The van der Waals surface area contributed by atoms with E-state index < -0.39 is 41.4 Å². The highest BCUT2D eigenvalue weighted by Gasteiger charge is 2.17. The summed E-state index contributed by atoms with van der Waals surface area (Å²) in [5.74, 6) is -2.63. The van der Waals surface area contributed by atoms with Gasteiger partial charge in [-0.3, -0.25) is 14.2 Å². The highest BCUT2D eigenvalue weighted by atomic mass is 19.1. The molecule has 3 aromatic rings. The van der Waals surface area contributed by atoms with Crippen LogP contribution in [-0.4, -0.2) is 20.6 Å². The molecule has 1 amide bonds. The molecule has 0 aliphatic rings. The molecule has 1 atom stereocenters. The maximum absolute atomic E-state index is 13.8. The molecule has 0 radical (unpaired) electrons. The van der Waals surface area contributed by atoms with E-state index in [1.54, 1.807) is 0 Å². The zero-order valence-corrected chi connectivity index (χ0v) is 14.1. The van der Waals surface area contributed by atoms with Gasteiger partial charge in [0.15, 0.2) is 0 Å². The lowest BCUT2D eigenvalue weighted by atomic mass is 10.1. The van der Waals surface area contributed by atoms with Gasteiger partial charge < -0.3 is 15.4 Å². The summed E-state index contributed by atoms with van der Waals surface area (Å²) in [6.45, 7) is 0.846. The van der Waals surface area contributed by atoms with Crippen molar-refractivity contribution >= 4 is 16.8 Å². The average Bonchev–Trinajstić information content (AvgIpc) is 2.58. The lowest BCUT2D eigenvalue weighted by molar-refractivity contribution is -0.122. The second kappa shape index (κ2) is 7.02. The first-order valence-electron chi connectivity index (χ1n) is 7.97. The molecule has 1 heterocycles. The highest BCUT2D eigenvalue weighted by Crippen LogP contribution is 2.18. The molecular weight excluding hydrogens is 360 g/mol. The lowest BCUT2D eigenvalue weighted by Gasteiger charge is -2.15. The molecule has 0 aliphatic carbocycles. The minimum absolute atomic E-state index is 0.0576. The monoisotopic (exact) mass is 375 g/mol. The number of hydrogen-bond acceptors (Lipinski definition) is 4. The van der Waals surface area contributed by atoms with Gasteiger partial charge in [-0.2, -0.15) is 0 Å². The average molecular weight is 375 g/mol. The van der Waals surface area contributed by atoms with E-state index in [0.717, 1.165) is 6.07 Å². The molecule has 0 spiro atoms. The number of fused-ring (bicyclic) bond motifs is 1. The Morgan fingerprint density at radius 1 is 1.26 bits per heavy atom. The number of phenols is 1. The van der Waals surface area contributed by atoms with Crippen molar-refractivity contribution in [2.45, 2.75) is 19.5 Å². The fourth-order valence-corrected chi connectivity index (χ4v) is 2.78. The Morgan fingerprint density at radius 2 is 2.00 bits per heavy atom. The van der Waals surface area contributed by atoms with Crippen LogP contribution in [0, 0.1) is 11.6 Å². The van der Waals surface area contributed by atoms with E-state index in [2.05, 4.69) is 10.3 Å². The number of hydrogen-bond donors (Lipinski definition) is 3. The van der Waals surface area contributed by atoms with Crippen molar-refractivity contribution in [3.8, 4) is 5.75 Å². The van der Waals surface area contributed by atoms with E-state index in [1.165, 1.54) is 31.2 Å². The molecule has 0 saturated heterocycles. The number of nitrogens with zero attached hydrogens (tertiary/aromatic N) is 1. The minimum Gasteiger partial charge on any atom is -0.507 e. The van der Waals surface area contributed by atoms with Gasteiger partial charge in [0.1, 0.15) is 29.3 Å². The van der Waals surface area contributed by atoms with Crippen LogP contribution in [0.4, 0.5) is 8.78 Å². The largest absolute Gasteiger partial charge is 0.507 e. The van der Waals surface area contributed by atoms with Crippen LogP contribution in [-0.2, 0) is 11.3 Å². The number of aromatic hydroxyl groups is 1. The smallest absolute Gasteiger partial charge is 0.329 e. The van der Waals surface area contributed by atoms with Gasteiger partial charge in [0.2, 0.25) is 5.91 Å². The zero-order valence-electron chi connectivity index (χ0n) is 14.1. The molecule has 2 aromatic carbocycles. The molecule has 7 nitrogen and oxygen atoms in total. The van der Waals surface area contributed by atoms with Crippen LogP contribution in [0.15, 0.2) is 46.0 Å². The van der Waals surface area contributed by atoms with Crippen molar-refractivity contribution in [2.24, 2.45) is 0 Å². The summed E-state index contributed by atoms with van der Waals surface area (Å²) in [6.07, 6.45) is 0. The summed E-state index contributed by atoms with van der Waals surface area (Å²) >= 11 is 0. The predicted octanol–water partition coefficient (Wildman–Crippen LogP) is 1.55. The van der Waals surface area contributed by atoms with E-state index in [4.69, 9.17) is 0 Å². The van der Waals surface area contributed by atoms with Crippen LogP contribution >= 0.6 is 0 Å². The Bertz CT molecular complexity index is 1150. The molecule has 0 saturated carbocycles. The second-order valence-corrected chi connectivity index (χ2v) is 5.98. The summed E-state index contributed by atoms with van der Waals surface area (Å²) in [6, 6.07) is 6.32. The molecule has 0 fully saturated rings. The van der Waals surface area contributed by atoms with Crippen LogP contribution in [0.5, 0.6) is 5.75 Å². The molecule has 3 rings (SSSR count). The Kier molecular flexibility index (Phi) is 4.76. The molecule has 0 aliphatic heterocycles. The fourth-order valence-electron chi connectivity index (χ4n) is 2.78. The number of nitrogens with one attached hydrogen (secondary N) is 2. The van der Waals surface area contributed by atoms with E-state index >= 15 is 0 Å². The van der Waals surface area contributed by atoms with Gasteiger partial charge in [-0.05, 0) is 25.1 Å². The third-order valence-electron chi connectivity index (χ3n) is 4.10. The lowest BCUT2D eigenvalue weighted by Crippen LogP contribution is -2.41. The molecule has 140 valence electrons. The quantitative estimate of drug-likeness (QED) is 0.644. The van der Waals surface area contributed by atoms with E-state index in [0.29, 0.717) is 10.6 Å². The molecule has 1 aromatic heterocycles. The summed E-state index contributed by atoms with van der Waals surface area (Å²) < 4.78 is 27.4. The van der Waals surface area contributed by atoms with E-state index in [9.17, 15) is 28.3 Å². The SMILES string of the molecule is C[C@H](NC(=O)Cn1c(=O)[nH]c2cccc(O)c2c1=O)c1ccc(F)cc1F. The second-order valence-electron chi connectivity index (χ2n) is 5.98. The van der Waals surface area contributed by atoms with Gasteiger partial charge >= 0.3 is 5.69 Å². The topological polar surface area (TPSA) is 104 Å². The van der Waals surface area contributed by atoms with Crippen LogP contribution in [0.3, 0.4) is 0 Å². The summed E-state index contributed by atoms with van der Waals surface area (Å²) in [7, 11) is 0. The molecule has 0 unspecified atom stereocenters. The number of phenolic OH excluding ortho intramolecular Hbond substituents is 1. The minimum atomic E-state index is -0.831. The van der Waals surface area contributed by atoms with Crippen molar-refractivity contribution in [1.82, 2.24) is 14.9 Å². The number of benzene rings is 2. The van der Waals surface area contributed by atoms with E-state index in [1.807, 2.05) is 0 Å². The maximum atomic E-state index is 13.8. The maximum Gasteiger partial charge on any atom is 0.329 e. The van der Waals surface area contributed by atoms with Crippen molar-refractivity contribution in [3.05, 3.63) is 74.4 Å². The van der Waals surface area contributed by atoms with Crippen LogP contribution in [0.2, 0.25) is 0 Å². The molecule has 9 heteroatoms. The van der Waals surface area contributed by atoms with Gasteiger partial charge in [0, 0.05) is 11.6 Å². The normalized spacial score (nSPS) is 12.1. The van der Waals surface area contributed by atoms with Crippen LogP contribution < -0.4 is 16.6 Å². The molecule has 0 bridgehead atoms. The Balaban J connectivity index is 1.87. The fraction of sp³-hybridized carbons (Fsp3) is 0.167. The Labute approximate surface area is 150 Å². The first-order valence-corrected chi connectivity index (χ1v) is 7.97. The van der Waals surface area contributed by atoms with Crippen LogP contribution in [0.1, 0.15) is 18.5 Å². The Morgan fingerprint density at radius 3 is 2.70 bits per heavy atom. The summed E-state index contributed by atoms with van der Waals surface area (Å²) in [5.41, 5.74) is -1.46. The number of carbonyl (C=O) groups is 1. The number of aromatic nitrogens is 2. The van der Waals surface area contributed by atoms with Gasteiger partial charge in [-0.15, -0.1) is 0 Å². The summed E-state index contributed by atoms with van der Waals surface area (Å²) in [4.78, 5) is 39.2. The third kappa shape index (κ3) is 3.57. The number of halogens is 2. The van der Waals surface area contributed by atoms with Crippen molar-refractivity contribution < 1.29 is 18.7 Å². The number of amides is 1. The Hall–Kier alpha value is -3.49. The standard InChI is InChI=1S/C18H15F2N3O4/c1-9(11-6-5-10(19)7-12(11)20)21-15(25)8-23-17(26)16-13(22-18(23)27)3-2-4-14(16)24/h2-7,9,24H,8H2,1H3,(H,21,25)(H,22,27)/t9-/m0/s1. The highest BCUT2D eigenvalue weighted by molar-refractivity contribution is 5.84. The van der Waals surface area contributed by atoms with Gasteiger partial charge in [-0.25, -0.2) is 13.6 Å². The number of carbonyl (C=O) groups excluding carboxylic acids is 1. The molecule has 27 heavy (non-hydrogen) atoms. The molecular formula is C18H15F2N3O4. The van der Waals surface area contributed by atoms with Gasteiger partial charge in [0.25, 0.3) is 5.56 Å². The zero-order chi connectivity index (χ0) is 19.7. The van der Waals surface area contributed by atoms with Crippen molar-refractivity contribution in [2.75, 3.05) is 0 Å². The number of rotatable bonds is 4. The van der Waals surface area contributed by atoms with Crippen molar-refractivity contribution in [1.29, 1.82) is 0 Å². The predicted molar refractivity (Wildman–Crippen MR) is 93.4 cm³/mol. The molecule has 3 N–H and O–H groups in total. The number of H-pyrrole nitrogens is 1. The first kappa shape index (κ1) is 18.3. The third-order valence-corrected chi connectivity index (χ3v) is 4.10. The van der Waals surface area contributed by atoms with E-state index in [-0.39, 0.29) is 22.2 Å². The van der Waals surface area contributed by atoms with Gasteiger partial charge in [0.05, 0.1) is 11.6 Å². The van der Waals surface area contributed by atoms with Gasteiger partial charge in [-0.1, -0.05) is 12.1 Å². The number of aromatic amines is 1. The van der Waals surface area contributed by atoms with Crippen molar-refractivity contribution in [3.63, 3.8) is 0 Å². The van der Waals surface area contributed by atoms with Crippen LogP contribution in [0.25, 0.3) is 10.9 Å².